The Kier molecular flexibility index (Phi) is 5.88. The van der Waals surface area contributed by atoms with E-state index in [4.69, 9.17) is 5.84 Å². The third-order valence-electron chi connectivity index (χ3n) is 3.06. The van der Waals surface area contributed by atoms with E-state index < -0.39 is 0 Å². The lowest BCUT2D eigenvalue weighted by Gasteiger charge is -2.21. The molecule has 0 spiro atoms. The highest BCUT2D eigenvalue weighted by Crippen LogP contribution is 2.24. The molecule has 1 rings (SSSR count). The number of hydrogen-bond donors (Lipinski definition) is 2. The molecule has 0 aliphatic heterocycles. The maximum absolute atomic E-state index is 5.59. The van der Waals surface area contributed by atoms with Crippen molar-refractivity contribution in [3.05, 3.63) is 29.8 Å². The Balaban J connectivity index is 2.53. The van der Waals surface area contributed by atoms with E-state index in [1.54, 1.807) is 0 Å². The van der Waals surface area contributed by atoms with Crippen LogP contribution in [-0.4, -0.2) is 11.8 Å². The highest BCUT2D eigenvalue weighted by Gasteiger charge is 2.14. The highest BCUT2D eigenvalue weighted by molar-refractivity contribution is 7.99. The Morgan fingerprint density at radius 1 is 1.38 bits per heavy atom. The molecule has 0 aliphatic carbocycles. The molecule has 3 N–H and O–H groups in total. The van der Waals surface area contributed by atoms with Crippen molar-refractivity contribution in [1.82, 2.24) is 5.43 Å². The Morgan fingerprint density at radius 3 is 2.62 bits per heavy atom. The van der Waals surface area contributed by atoms with Gasteiger partial charge in [-0.2, -0.15) is 0 Å². The zero-order valence-corrected chi connectivity index (χ0v) is 11.2. The van der Waals surface area contributed by atoms with Crippen LogP contribution in [0.25, 0.3) is 0 Å². The molecule has 0 amide bonds. The molecule has 1 aromatic rings. The minimum atomic E-state index is 0.384. The van der Waals surface area contributed by atoms with Gasteiger partial charge in [-0.3, -0.25) is 11.3 Å². The number of hydrogen-bond acceptors (Lipinski definition) is 3. The first kappa shape index (κ1) is 13.6. The van der Waals surface area contributed by atoms with Gasteiger partial charge in [0.2, 0.25) is 0 Å². The number of nitrogens with two attached hydrogens (primary N) is 1. The van der Waals surface area contributed by atoms with Crippen LogP contribution in [0.5, 0.6) is 0 Å². The van der Waals surface area contributed by atoms with Gasteiger partial charge in [-0.15, -0.1) is 11.8 Å². The zero-order valence-electron chi connectivity index (χ0n) is 10.4. The summed E-state index contributed by atoms with van der Waals surface area (Å²) in [5.41, 5.74) is 4.26. The number of benzene rings is 1. The molecule has 0 bridgehead atoms. The first-order chi connectivity index (χ1) is 7.69. The molecular formula is C13H22N2S. The molecule has 0 radical (unpaired) electrons. The molecule has 2 unspecified atom stereocenters. The Bertz CT molecular complexity index is 315. The summed E-state index contributed by atoms with van der Waals surface area (Å²) in [7, 11) is 0. The fraction of sp³-hybridized carbons (Fsp3) is 0.538. The van der Waals surface area contributed by atoms with E-state index in [1.807, 2.05) is 11.8 Å². The van der Waals surface area contributed by atoms with Crippen molar-refractivity contribution in [1.29, 1.82) is 0 Å². The molecule has 0 fully saturated rings. The topological polar surface area (TPSA) is 38.0 Å². The van der Waals surface area contributed by atoms with E-state index in [-0.39, 0.29) is 0 Å². The predicted molar refractivity (Wildman–Crippen MR) is 72.5 cm³/mol. The van der Waals surface area contributed by atoms with Gasteiger partial charge in [0.25, 0.3) is 0 Å². The SMILES string of the molecule is CCC(C)C(CSc1ccccc1C)NN. The number of thioether (sulfide) groups is 1. The maximum Gasteiger partial charge on any atom is 0.0330 e. The van der Waals surface area contributed by atoms with Crippen LogP contribution >= 0.6 is 11.8 Å². The van der Waals surface area contributed by atoms with Crippen LogP contribution in [0.2, 0.25) is 0 Å². The summed E-state index contributed by atoms with van der Waals surface area (Å²) in [4.78, 5) is 1.35. The standard InChI is InChI=1S/C13H22N2S/c1-4-10(2)12(15-14)9-16-13-8-6-5-7-11(13)3/h5-8,10,12,15H,4,9,14H2,1-3H3. The van der Waals surface area contributed by atoms with Crippen LogP contribution in [0, 0.1) is 12.8 Å². The Morgan fingerprint density at radius 2 is 2.06 bits per heavy atom. The van der Waals surface area contributed by atoms with Gasteiger partial charge in [0.15, 0.2) is 0 Å². The van der Waals surface area contributed by atoms with E-state index in [1.165, 1.54) is 10.5 Å². The second-order valence-electron chi connectivity index (χ2n) is 4.24. The molecule has 0 saturated heterocycles. The normalized spacial score (nSPS) is 14.8. The van der Waals surface area contributed by atoms with E-state index in [9.17, 15) is 0 Å². The van der Waals surface area contributed by atoms with Crippen molar-refractivity contribution in [2.75, 3.05) is 5.75 Å². The predicted octanol–water partition coefficient (Wildman–Crippen LogP) is 2.97. The Hall–Kier alpha value is -0.510. The molecule has 1 aromatic carbocycles. The second-order valence-corrected chi connectivity index (χ2v) is 5.30. The Labute approximate surface area is 103 Å². The van der Waals surface area contributed by atoms with E-state index >= 15 is 0 Å². The van der Waals surface area contributed by atoms with Gasteiger partial charge in [0, 0.05) is 16.7 Å². The molecule has 2 nitrogen and oxygen atoms in total. The molecule has 0 saturated carbocycles. The van der Waals surface area contributed by atoms with E-state index in [2.05, 4.69) is 50.5 Å². The second kappa shape index (κ2) is 6.94. The van der Waals surface area contributed by atoms with Crippen molar-refractivity contribution in [2.24, 2.45) is 11.8 Å². The largest absolute Gasteiger partial charge is 0.271 e. The van der Waals surface area contributed by atoms with Gasteiger partial charge >= 0.3 is 0 Å². The first-order valence-corrected chi connectivity index (χ1v) is 6.82. The summed E-state index contributed by atoms with van der Waals surface area (Å²) < 4.78 is 0. The van der Waals surface area contributed by atoms with Gasteiger partial charge in [-0.1, -0.05) is 38.5 Å². The summed E-state index contributed by atoms with van der Waals surface area (Å²) >= 11 is 1.88. The fourth-order valence-corrected chi connectivity index (χ4v) is 2.81. The van der Waals surface area contributed by atoms with Crippen LogP contribution in [0.3, 0.4) is 0 Å². The van der Waals surface area contributed by atoms with Crippen LogP contribution in [0.15, 0.2) is 29.2 Å². The number of aryl methyl sites for hydroxylation is 1. The smallest absolute Gasteiger partial charge is 0.0330 e. The number of nitrogens with one attached hydrogen (secondary N) is 1. The average molecular weight is 238 g/mol. The van der Waals surface area contributed by atoms with Gasteiger partial charge in [0.1, 0.15) is 0 Å². The number of hydrazine groups is 1. The monoisotopic (exact) mass is 238 g/mol. The molecule has 0 heterocycles. The third-order valence-corrected chi connectivity index (χ3v) is 4.35. The average Bonchev–Trinajstić information content (AvgIpc) is 2.31. The summed E-state index contributed by atoms with van der Waals surface area (Å²) in [6, 6.07) is 8.87. The lowest BCUT2D eigenvalue weighted by atomic mass is 10.0. The highest BCUT2D eigenvalue weighted by atomic mass is 32.2. The van der Waals surface area contributed by atoms with Crippen LogP contribution in [0.1, 0.15) is 25.8 Å². The molecule has 3 heteroatoms. The minimum absolute atomic E-state index is 0.384. The van der Waals surface area contributed by atoms with Crippen molar-refractivity contribution < 1.29 is 0 Å². The summed E-state index contributed by atoms with van der Waals surface area (Å²) in [6.45, 7) is 6.59. The molecule has 0 aliphatic rings. The van der Waals surface area contributed by atoms with Crippen molar-refractivity contribution >= 4 is 11.8 Å². The van der Waals surface area contributed by atoms with Crippen LogP contribution in [-0.2, 0) is 0 Å². The summed E-state index contributed by atoms with van der Waals surface area (Å²) in [5, 5.41) is 0. The van der Waals surface area contributed by atoms with E-state index in [0.29, 0.717) is 12.0 Å². The number of rotatable bonds is 6. The van der Waals surface area contributed by atoms with Gasteiger partial charge in [-0.05, 0) is 24.5 Å². The van der Waals surface area contributed by atoms with Crippen LogP contribution in [0.4, 0.5) is 0 Å². The molecular weight excluding hydrogens is 216 g/mol. The minimum Gasteiger partial charge on any atom is -0.271 e. The summed E-state index contributed by atoms with van der Waals surface area (Å²) in [6.07, 6.45) is 1.16. The quantitative estimate of drug-likeness (QED) is 0.454. The molecule has 0 aromatic heterocycles. The van der Waals surface area contributed by atoms with Crippen molar-refractivity contribution in [3.8, 4) is 0 Å². The van der Waals surface area contributed by atoms with Crippen molar-refractivity contribution in [2.45, 2.75) is 38.1 Å². The molecule has 90 valence electrons. The van der Waals surface area contributed by atoms with Gasteiger partial charge < -0.3 is 0 Å². The fourth-order valence-electron chi connectivity index (χ4n) is 1.56. The zero-order chi connectivity index (χ0) is 12.0. The van der Waals surface area contributed by atoms with E-state index in [0.717, 1.165) is 12.2 Å². The lowest BCUT2D eigenvalue weighted by molar-refractivity contribution is 0.403. The lowest BCUT2D eigenvalue weighted by Crippen LogP contribution is -2.41. The molecule has 2 atom stereocenters. The van der Waals surface area contributed by atoms with Gasteiger partial charge in [0.05, 0.1) is 0 Å². The van der Waals surface area contributed by atoms with Gasteiger partial charge in [-0.25, -0.2) is 0 Å². The summed E-state index contributed by atoms with van der Waals surface area (Å²) in [5.74, 6) is 7.22. The van der Waals surface area contributed by atoms with Crippen molar-refractivity contribution in [3.63, 3.8) is 0 Å². The third kappa shape index (κ3) is 3.81. The molecule has 16 heavy (non-hydrogen) atoms. The first-order valence-electron chi connectivity index (χ1n) is 5.83. The maximum atomic E-state index is 5.59. The van der Waals surface area contributed by atoms with Crippen LogP contribution < -0.4 is 11.3 Å².